The van der Waals surface area contributed by atoms with E-state index in [1.165, 1.54) is 37.7 Å². The molecule has 1 aromatic carbocycles. The van der Waals surface area contributed by atoms with E-state index in [1.54, 1.807) is 7.11 Å². The number of benzene rings is 1. The summed E-state index contributed by atoms with van der Waals surface area (Å²) in [5, 5.41) is 3.25. The van der Waals surface area contributed by atoms with E-state index in [1.807, 2.05) is 11.0 Å². The molecule has 2 aliphatic rings. The molecule has 2 fully saturated rings. The molecular weight excluding hydrogens is 402 g/mol. The Balaban J connectivity index is 1.57. The zero-order valence-corrected chi connectivity index (χ0v) is 19.8. The van der Waals surface area contributed by atoms with Crippen molar-refractivity contribution in [2.24, 2.45) is 17.6 Å². The summed E-state index contributed by atoms with van der Waals surface area (Å²) in [6, 6.07) is 10.5. The summed E-state index contributed by atoms with van der Waals surface area (Å²) in [5.41, 5.74) is 7.22. The predicted octanol–water partition coefficient (Wildman–Crippen LogP) is 4.50. The summed E-state index contributed by atoms with van der Waals surface area (Å²) in [6.45, 7) is 3.38. The van der Waals surface area contributed by atoms with Gasteiger partial charge in [-0.3, -0.25) is 0 Å². The number of nitrogens with one attached hydrogen (secondary N) is 1. The van der Waals surface area contributed by atoms with Crippen molar-refractivity contribution in [2.45, 2.75) is 69.9 Å². The summed E-state index contributed by atoms with van der Waals surface area (Å²) in [7, 11) is 1.72. The van der Waals surface area contributed by atoms with Gasteiger partial charge in [0.05, 0.1) is 6.10 Å². The number of urea groups is 1. The number of hydrogen-bond acceptors (Lipinski definition) is 4. The molecule has 2 unspecified atom stereocenters. The van der Waals surface area contributed by atoms with Crippen LogP contribution in [0.5, 0.6) is 0 Å². The Kier molecular flexibility index (Phi) is 10.8. The third kappa shape index (κ3) is 7.75. The number of ether oxygens (including phenoxy) is 2. The fourth-order valence-electron chi connectivity index (χ4n) is 5.31. The minimum Gasteiger partial charge on any atom is -0.385 e. The maximum Gasteiger partial charge on any atom is 0.317 e. The third-order valence-electron chi connectivity index (χ3n) is 7.05. The SMILES string of the molecule is COCCCOC(c1ccccc1)C1CCCN(C(=O)N[C@H](CN)CC2CCCCC2)C1. The van der Waals surface area contributed by atoms with Gasteiger partial charge in [-0.05, 0) is 37.2 Å². The third-order valence-corrected chi connectivity index (χ3v) is 7.05. The number of hydrogen-bond donors (Lipinski definition) is 2. The van der Waals surface area contributed by atoms with E-state index in [9.17, 15) is 4.79 Å². The first-order valence-corrected chi connectivity index (χ1v) is 12.6. The van der Waals surface area contributed by atoms with Gasteiger partial charge in [-0.1, -0.05) is 62.4 Å². The van der Waals surface area contributed by atoms with Crippen LogP contribution >= 0.6 is 0 Å². The van der Waals surface area contributed by atoms with Crippen molar-refractivity contribution in [2.75, 3.05) is 40.0 Å². The van der Waals surface area contributed by atoms with Gasteiger partial charge < -0.3 is 25.4 Å². The molecule has 1 aliphatic carbocycles. The quantitative estimate of drug-likeness (QED) is 0.492. The van der Waals surface area contributed by atoms with Crippen LogP contribution in [-0.4, -0.2) is 56.9 Å². The summed E-state index contributed by atoms with van der Waals surface area (Å²) in [5.74, 6) is 0.990. The topological polar surface area (TPSA) is 76.8 Å². The van der Waals surface area contributed by atoms with Crippen LogP contribution in [0.2, 0.25) is 0 Å². The predicted molar refractivity (Wildman–Crippen MR) is 128 cm³/mol. The van der Waals surface area contributed by atoms with E-state index < -0.39 is 0 Å². The first-order chi connectivity index (χ1) is 15.7. The van der Waals surface area contributed by atoms with Crippen LogP contribution < -0.4 is 11.1 Å². The lowest BCUT2D eigenvalue weighted by atomic mass is 9.85. The van der Waals surface area contributed by atoms with Gasteiger partial charge in [0, 0.05) is 51.9 Å². The summed E-state index contributed by atoms with van der Waals surface area (Å²) in [4.78, 5) is 15.1. The van der Waals surface area contributed by atoms with E-state index in [0.29, 0.717) is 25.7 Å². The van der Waals surface area contributed by atoms with E-state index in [0.717, 1.165) is 38.8 Å². The monoisotopic (exact) mass is 445 g/mol. The number of piperidine rings is 1. The fraction of sp³-hybridized carbons (Fsp3) is 0.731. The van der Waals surface area contributed by atoms with Crippen molar-refractivity contribution in [3.8, 4) is 0 Å². The molecule has 3 atom stereocenters. The number of nitrogens with zero attached hydrogens (tertiary/aromatic N) is 1. The molecule has 0 bridgehead atoms. The highest BCUT2D eigenvalue weighted by Gasteiger charge is 2.32. The largest absolute Gasteiger partial charge is 0.385 e. The summed E-state index contributed by atoms with van der Waals surface area (Å²) >= 11 is 0. The first kappa shape index (κ1) is 25.0. The minimum absolute atomic E-state index is 0.00352. The molecule has 32 heavy (non-hydrogen) atoms. The average molecular weight is 446 g/mol. The number of nitrogens with two attached hydrogens (primary N) is 1. The van der Waals surface area contributed by atoms with Crippen LogP contribution in [0.3, 0.4) is 0 Å². The summed E-state index contributed by atoms with van der Waals surface area (Å²) in [6.07, 6.45) is 10.5. The molecular formula is C26H43N3O3. The lowest BCUT2D eigenvalue weighted by Crippen LogP contribution is -2.51. The lowest BCUT2D eigenvalue weighted by Gasteiger charge is -2.38. The standard InChI is InChI=1S/C26H43N3O3/c1-31-16-9-17-32-25(22-12-6-3-7-13-22)23-14-8-15-29(20-23)26(30)28-24(19-27)18-21-10-4-2-5-11-21/h3,6-7,12-13,21,23-25H,2,4-5,8-11,14-20,27H2,1H3,(H,28,30)/t23?,24-,25?/m0/s1. The van der Waals surface area contributed by atoms with Gasteiger partial charge in [-0.15, -0.1) is 0 Å². The highest BCUT2D eigenvalue weighted by molar-refractivity contribution is 5.74. The number of likely N-dealkylation sites (tertiary alicyclic amines) is 1. The zero-order chi connectivity index (χ0) is 22.6. The molecule has 0 spiro atoms. The van der Waals surface area contributed by atoms with Gasteiger partial charge in [-0.25, -0.2) is 4.79 Å². The molecule has 0 radical (unpaired) electrons. The van der Waals surface area contributed by atoms with Crippen LogP contribution in [0.1, 0.15) is 69.5 Å². The van der Waals surface area contributed by atoms with Crippen LogP contribution in [0, 0.1) is 11.8 Å². The van der Waals surface area contributed by atoms with Gasteiger partial charge in [0.1, 0.15) is 0 Å². The molecule has 1 aromatic rings. The van der Waals surface area contributed by atoms with Crippen molar-refractivity contribution < 1.29 is 14.3 Å². The second-order valence-corrected chi connectivity index (χ2v) is 9.52. The normalized spacial score (nSPS) is 21.8. The maximum atomic E-state index is 13.1. The van der Waals surface area contributed by atoms with Crippen molar-refractivity contribution in [3.05, 3.63) is 35.9 Å². The van der Waals surface area contributed by atoms with Crippen molar-refractivity contribution >= 4 is 6.03 Å². The highest BCUT2D eigenvalue weighted by Crippen LogP contribution is 2.33. The Bertz CT molecular complexity index is 651. The Morgan fingerprint density at radius 2 is 1.91 bits per heavy atom. The first-order valence-electron chi connectivity index (χ1n) is 12.6. The second-order valence-electron chi connectivity index (χ2n) is 9.52. The molecule has 6 heteroatoms. The van der Waals surface area contributed by atoms with E-state index in [-0.39, 0.29) is 24.1 Å². The zero-order valence-electron chi connectivity index (χ0n) is 19.8. The van der Waals surface area contributed by atoms with Crippen LogP contribution in [0.15, 0.2) is 30.3 Å². The van der Waals surface area contributed by atoms with E-state index in [4.69, 9.17) is 15.2 Å². The van der Waals surface area contributed by atoms with Gasteiger partial charge in [0.2, 0.25) is 0 Å². The van der Waals surface area contributed by atoms with E-state index in [2.05, 4.69) is 29.6 Å². The van der Waals surface area contributed by atoms with Crippen LogP contribution in [0.4, 0.5) is 4.79 Å². The Hall–Kier alpha value is -1.63. The molecule has 180 valence electrons. The highest BCUT2D eigenvalue weighted by atomic mass is 16.5. The molecule has 1 heterocycles. The fourth-order valence-corrected chi connectivity index (χ4v) is 5.31. The number of rotatable bonds is 11. The lowest BCUT2D eigenvalue weighted by molar-refractivity contribution is -0.0167. The summed E-state index contributed by atoms with van der Waals surface area (Å²) < 4.78 is 11.5. The second kappa shape index (κ2) is 13.8. The Morgan fingerprint density at radius 1 is 1.12 bits per heavy atom. The van der Waals surface area contributed by atoms with Crippen LogP contribution in [0.25, 0.3) is 0 Å². The Morgan fingerprint density at radius 3 is 2.62 bits per heavy atom. The van der Waals surface area contributed by atoms with Gasteiger partial charge in [0.25, 0.3) is 0 Å². The molecule has 0 aromatic heterocycles. The molecule has 2 amide bonds. The van der Waals surface area contributed by atoms with Crippen molar-refractivity contribution in [1.29, 1.82) is 0 Å². The van der Waals surface area contributed by atoms with Crippen LogP contribution in [-0.2, 0) is 9.47 Å². The Labute approximate surface area is 194 Å². The van der Waals surface area contributed by atoms with Crippen molar-refractivity contribution in [1.82, 2.24) is 10.2 Å². The maximum absolute atomic E-state index is 13.1. The molecule has 3 N–H and O–H groups in total. The number of carbonyl (C=O) groups excluding carboxylic acids is 1. The number of carbonyl (C=O) groups is 1. The molecule has 3 rings (SSSR count). The smallest absolute Gasteiger partial charge is 0.317 e. The van der Waals surface area contributed by atoms with E-state index >= 15 is 0 Å². The molecule has 1 saturated carbocycles. The van der Waals surface area contributed by atoms with Gasteiger partial charge in [-0.2, -0.15) is 0 Å². The number of amides is 2. The molecule has 6 nitrogen and oxygen atoms in total. The molecule has 1 aliphatic heterocycles. The minimum atomic E-state index is -0.00352. The average Bonchev–Trinajstić information content (AvgIpc) is 2.85. The molecule has 1 saturated heterocycles. The van der Waals surface area contributed by atoms with Crippen molar-refractivity contribution in [3.63, 3.8) is 0 Å². The van der Waals surface area contributed by atoms with Gasteiger partial charge in [0.15, 0.2) is 0 Å². The number of methoxy groups -OCH3 is 1. The van der Waals surface area contributed by atoms with Gasteiger partial charge >= 0.3 is 6.03 Å².